The summed E-state index contributed by atoms with van der Waals surface area (Å²) >= 11 is 6.02. The Morgan fingerprint density at radius 1 is 1.00 bits per heavy atom. The summed E-state index contributed by atoms with van der Waals surface area (Å²) < 4.78 is 0. The summed E-state index contributed by atoms with van der Waals surface area (Å²) in [6.45, 7) is 1.78. The molecule has 2 heterocycles. The minimum Gasteiger partial charge on any atom is -0.339 e. The van der Waals surface area contributed by atoms with Gasteiger partial charge in [0, 0.05) is 67.6 Å². The van der Waals surface area contributed by atoms with Crippen molar-refractivity contribution < 1.29 is 19.3 Å². The van der Waals surface area contributed by atoms with E-state index in [0.29, 0.717) is 49.0 Å². The zero-order valence-electron chi connectivity index (χ0n) is 17.1. The molecule has 0 spiro atoms. The van der Waals surface area contributed by atoms with E-state index < -0.39 is 10.8 Å². The van der Waals surface area contributed by atoms with E-state index in [-0.39, 0.29) is 29.8 Å². The van der Waals surface area contributed by atoms with Crippen LogP contribution in [0.3, 0.4) is 0 Å². The van der Waals surface area contributed by atoms with Gasteiger partial charge in [-0.3, -0.25) is 24.5 Å². The Hall–Kier alpha value is -3.46. The predicted molar refractivity (Wildman–Crippen MR) is 117 cm³/mol. The van der Waals surface area contributed by atoms with Gasteiger partial charge in [-0.15, -0.1) is 0 Å². The highest BCUT2D eigenvalue weighted by Gasteiger charge is 2.38. The molecule has 0 unspecified atom stereocenters. The van der Waals surface area contributed by atoms with Crippen LogP contribution in [-0.2, 0) is 9.59 Å². The summed E-state index contributed by atoms with van der Waals surface area (Å²) in [5.74, 6) is -0.864. The lowest BCUT2D eigenvalue weighted by Gasteiger charge is -2.36. The molecule has 0 bridgehead atoms. The number of benzene rings is 2. The lowest BCUT2D eigenvalue weighted by Crippen LogP contribution is -2.52. The second-order valence-electron chi connectivity index (χ2n) is 7.81. The smallest absolute Gasteiger partial charge is 0.269 e. The summed E-state index contributed by atoms with van der Waals surface area (Å²) in [5.41, 5.74) is 0.972. The Morgan fingerprint density at radius 2 is 1.66 bits per heavy atom. The molecule has 2 fully saturated rings. The quantitative estimate of drug-likeness (QED) is 0.519. The van der Waals surface area contributed by atoms with Crippen LogP contribution in [0.1, 0.15) is 16.8 Å². The Balaban J connectivity index is 1.34. The molecule has 2 aromatic rings. The maximum Gasteiger partial charge on any atom is 0.269 e. The number of nitrogens with zero attached hydrogens (tertiary/aromatic N) is 4. The molecule has 0 N–H and O–H groups in total. The first-order valence-corrected chi connectivity index (χ1v) is 10.6. The summed E-state index contributed by atoms with van der Waals surface area (Å²) in [5, 5.41) is 11.3. The fraction of sp³-hybridized carbons (Fsp3) is 0.318. The van der Waals surface area contributed by atoms with Gasteiger partial charge in [-0.2, -0.15) is 0 Å². The van der Waals surface area contributed by atoms with E-state index in [4.69, 9.17) is 11.6 Å². The number of rotatable bonds is 4. The van der Waals surface area contributed by atoms with Crippen LogP contribution in [0.4, 0.5) is 11.4 Å². The zero-order valence-corrected chi connectivity index (χ0v) is 17.9. The van der Waals surface area contributed by atoms with Crippen LogP contribution in [0, 0.1) is 16.0 Å². The zero-order chi connectivity index (χ0) is 22.8. The molecule has 1 atom stereocenters. The molecule has 0 aromatic heterocycles. The minimum atomic E-state index is -0.514. The average molecular weight is 457 g/mol. The first kappa shape index (κ1) is 21.8. The predicted octanol–water partition coefficient (Wildman–Crippen LogP) is 2.59. The number of hydrogen-bond acceptors (Lipinski definition) is 5. The standard InChI is InChI=1S/C22H21ClN4O5/c23-17-2-1-3-19(13-17)26-14-16(12-20(26)28)22(30)25-10-8-24(9-11-25)21(29)15-4-6-18(7-5-15)27(31)32/h1-7,13,16H,8-12,14H2/t16-/m0/s1. The Morgan fingerprint density at radius 3 is 2.28 bits per heavy atom. The number of non-ortho nitro benzene ring substituents is 1. The molecule has 2 aliphatic rings. The number of amides is 3. The maximum absolute atomic E-state index is 13.0. The Kier molecular flexibility index (Phi) is 6.09. The van der Waals surface area contributed by atoms with E-state index in [1.807, 2.05) is 0 Å². The normalized spacial score (nSPS) is 18.7. The number of nitro benzene ring substituents is 1. The van der Waals surface area contributed by atoms with Gasteiger partial charge in [0.1, 0.15) is 0 Å². The number of piperazine rings is 1. The van der Waals surface area contributed by atoms with Crippen LogP contribution >= 0.6 is 11.6 Å². The number of halogens is 1. The summed E-state index contributed by atoms with van der Waals surface area (Å²) in [7, 11) is 0. The van der Waals surface area contributed by atoms with E-state index in [1.54, 1.807) is 39.0 Å². The summed E-state index contributed by atoms with van der Waals surface area (Å²) in [6, 6.07) is 12.5. The maximum atomic E-state index is 13.0. The minimum absolute atomic E-state index is 0.0742. The number of hydrogen-bond donors (Lipinski definition) is 0. The molecule has 32 heavy (non-hydrogen) atoms. The highest BCUT2D eigenvalue weighted by atomic mass is 35.5. The number of carbonyl (C=O) groups is 3. The van der Waals surface area contributed by atoms with Crippen LogP contribution in [0.5, 0.6) is 0 Å². The first-order valence-electron chi connectivity index (χ1n) is 10.2. The van der Waals surface area contributed by atoms with Gasteiger partial charge in [-0.1, -0.05) is 17.7 Å². The van der Waals surface area contributed by atoms with E-state index in [2.05, 4.69) is 0 Å². The van der Waals surface area contributed by atoms with Gasteiger partial charge < -0.3 is 14.7 Å². The van der Waals surface area contributed by atoms with Crippen LogP contribution in [0.15, 0.2) is 48.5 Å². The summed E-state index contributed by atoms with van der Waals surface area (Å²) in [6.07, 6.45) is 0.146. The van der Waals surface area contributed by atoms with Crippen molar-refractivity contribution >= 4 is 40.7 Å². The third-order valence-electron chi connectivity index (χ3n) is 5.80. The monoisotopic (exact) mass is 456 g/mol. The highest BCUT2D eigenvalue weighted by molar-refractivity contribution is 6.31. The van der Waals surface area contributed by atoms with E-state index in [1.165, 1.54) is 24.3 Å². The SMILES string of the molecule is O=C(c1ccc([N+](=O)[O-])cc1)N1CCN(C(=O)[C@H]2CC(=O)N(c3cccc(Cl)c3)C2)CC1. The van der Waals surface area contributed by atoms with Crippen molar-refractivity contribution in [3.05, 3.63) is 69.2 Å². The molecule has 10 heteroatoms. The topological polar surface area (TPSA) is 104 Å². The van der Waals surface area contributed by atoms with Crippen molar-refractivity contribution in [2.24, 2.45) is 5.92 Å². The Labute approximate surface area is 189 Å². The third kappa shape index (κ3) is 4.43. The van der Waals surface area contributed by atoms with Gasteiger partial charge >= 0.3 is 0 Å². The molecule has 0 radical (unpaired) electrons. The van der Waals surface area contributed by atoms with Gasteiger partial charge in [0.15, 0.2) is 0 Å². The fourth-order valence-corrected chi connectivity index (χ4v) is 4.25. The third-order valence-corrected chi connectivity index (χ3v) is 6.03. The lowest BCUT2D eigenvalue weighted by molar-refractivity contribution is -0.384. The molecule has 166 valence electrons. The van der Waals surface area contributed by atoms with Crippen LogP contribution in [0.25, 0.3) is 0 Å². The van der Waals surface area contributed by atoms with Gasteiger partial charge in [-0.25, -0.2) is 0 Å². The molecule has 0 aliphatic carbocycles. The average Bonchev–Trinajstić information content (AvgIpc) is 3.20. The van der Waals surface area contributed by atoms with E-state index in [9.17, 15) is 24.5 Å². The molecule has 2 aliphatic heterocycles. The molecular weight excluding hydrogens is 436 g/mol. The second kappa shape index (κ2) is 8.96. The highest BCUT2D eigenvalue weighted by Crippen LogP contribution is 2.28. The molecule has 2 saturated heterocycles. The van der Waals surface area contributed by atoms with E-state index in [0.717, 1.165) is 0 Å². The number of nitro groups is 1. The van der Waals surface area contributed by atoms with Gasteiger partial charge in [0.2, 0.25) is 11.8 Å². The van der Waals surface area contributed by atoms with Crippen molar-refractivity contribution in [2.45, 2.75) is 6.42 Å². The largest absolute Gasteiger partial charge is 0.339 e. The molecule has 4 rings (SSSR count). The lowest BCUT2D eigenvalue weighted by atomic mass is 10.1. The van der Waals surface area contributed by atoms with E-state index >= 15 is 0 Å². The van der Waals surface area contributed by atoms with Gasteiger partial charge in [0.05, 0.1) is 10.8 Å². The van der Waals surface area contributed by atoms with Crippen LogP contribution in [0.2, 0.25) is 5.02 Å². The van der Waals surface area contributed by atoms with Crippen molar-refractivity contribution in [2.75, 3.05) is 37.6 Å². The molecule has 2 aromatic carbocycles. The molecule has 3 amide bonds. The number of anilines is 1. The second-order valence-corrected chi connectivity index (χ2v) is 8.24. The summed E-state index contributed by atoms with van der Waals surface area (Å²) in [4.78, 5) is 53.3. The van der Waals surface area contributed by atoms with Crippen LogP contribution in [-0.4, -0.2) is 65.2 Å². The van der Waals surface area contributed by atoms with Gasteiger partial charge in [0.25, 0.3) is 11.6 Å². The van der Waals surface area contributed by atoms with Crippen molar-refractivity contribution in [1.29, 1.82) is 0 Å². The van der Waals surface area contributed by atoms with Gasteiger partial charge in [-0.05, 0) is 30.3 Å². The molecule has 0 saturated carbocycles. The molecular formula is C22H21ClN4O5. The van der Waals surface area contributed by atoms with Crippen molar-refractivity contribution in [3.8, 4) is 0 Å². The fourth-order valence-electron chi connectivity index (χ4n) is 4.06. The van der Waals surface area contributed by atoms with Crippen molar-refractivity contribution in [1.82, 2.24) is 9.80 Å². The first-order chi connectivity index (χ1) is 15.3. The number of carbonyl (C=O) groups excluding carboxylic acids is 3. The molecule has 9 nitrogen and oxygen atoms in total. The van der Waals surface area contributed by atoms with Crippen molar-refractivity contribution in [3.63, 3.8) is 0 Å². The van der Waals surface area contributed by atoms with Crippen LogP contribution < -0.4 is 4.90 Å². The Bertz CT molecular complexity index is 1070.